The van der Waals surface area contributed by atoms with Crippen molar-refractivity contribution in [2.24, 2.45) is 5.92 Å². The number of nitrogens with zero attached hydrogens (tertiary/aromatic N) is 4. The first-order chi connectivity index (χ1) is 13.5. The minimum absolute atomic E-state index is 0.0209. The summed E-state index contributed by atoms with van der Waals surface area (Å²) in [5, 5.41) is 0.624. The van der Waals surface area contributed by atoms with Crippen LogP contribution in [0.2, 0.25) is 0 Å². The number of halogens is 1. The molecule has 144 valence electrons. The molecule has 7 heteroatoms. The first kappa shape index (κ1) is 18.3. The van der Waals surface area contributed by atoms with Crippen LogP contribution in [-0.2, 0) is 6.54 Å². The number of amides is 1. The number of benzene rings is 1. The minimum atomic E-state index is -0.514. The monoisotopic (exact) mass is 380 g/mol. The van der Waals surface area contributed by atoms with Crippen molar-refractivity contribution in [1.29, 1.82) is 0 Å². The standard InChI is InChI=1S/C21H21FN4O2/c1-14-24-19-5-3-2-4-18(19)21(28)26(14)13-15-6-8-25(9-7-15)20(27)16-10-17(22)12-23-11-16/h2-5,10-12,15H,6-9,13H2,1H3. The van der Waals surface area contributed by atoms with Crippen molar-refractivity contribution in [3.05, 3.63) is 70.3 Å². The fourth-order valence-electron chi connectivity index (χ4n) is 3.78. The van der Waals surface area contributed by atoms with E-state index in [1.165, 1.54) is 12.3 Å². The molecule has 0 unspecified atom stereocenters. The first-order valence-corrected chi connectivity index (χ1v) is 9.39. The van der Waals surface area contributed by atoms with Gasteiger partial charge in [-0.1, -0.05) is 12.1 Å². The van der Waals surface area contributed by atoms with Crippen LogP contribution >= 0.6 is 0 Å². The Labute approximate surface area is 161 Å². The normalized spacial score (nSPS) is 15.1. The molecule has 2 aromatic heterocycles. The van der Waals surface area contributed by atoms with E-state index in [9.17, 15) is 14.0 Å². The number of hydrogen-bond acceptors (Lipinski definition) is 4. The number of aromatic nitrogens is 3. The number of hydrogen-bond donors (Lipinski definition) is 0. The second kappa shape index (κ2) is 7.50. The van der Waals surface area contributed by atoms with Gasteiger partial charge in [-0.25, -0.2) is 9.37 Å². The maximum atomic E-state index is 13.3. The summed E-state index contributed by atoms with van der Waals surface area (Å²) < 4.78 is 15.1. The summed E-state index contributed by atoms with van der Waals surface area (Å²) in [4.78, 5) is 35.4. The molecule has 0 saturated carbocycles. The molecule has 0 aliphatic carbocycles. The number of likely N-dealkylation sites (tertiary alicyclic amines) is 1. The van der Waals surface area contributed by atoms with Crippen molar-refractivity contribution in [2.45, 2.75) is 26.3 Å². The quantitative estimate of drug-likeness (QED) is 0.701. The third-order valence-corrected chi connectivity index (χ3v) is 5.35. The number of carbonyl (C=O) groups excluding carboxylic acids is 1. The molecular weight excluding hydrogens is 359 g/mol. The van der Waals surface area contributed by atoms with Crippen molar-refractivity contribution in [3.63, 3.8) is 0 Å². The van der Waals surface area contributed by atoms with E-state index in [4.69, 9.17) is 0 Å². The fourth-order valence-corrected chi connectivity index (χ4v) is 3.78. The zero-order valence-electron chi connectivity index (χ0n) is 15.6. The van der Waals surface area contributed by atoms with Crippen LogP contribution in [-0.4, -0.2) is 38.4 Å². The number of rotatable bonds is 3. The summed E-state index contributed by atoms with van der Waals surface area (Å²) >= 11 is 0. The molecule has 1 fully saturated rings. The molecule has 28 heavy (non-hydrogen) atoms. The molecule has 0 atom stereocenters. The van der Waals surface area contributed by atoms with Crippen LogP contribution in [0.15, 0.2) is 47.5 Å². The Morgan fingerprint density at radius 2 is 1.96 bits per heavy atom. The summed E-state index contributed by atoms with van der Waals surface area (Å²) in [6.07, 6.45) is 4.04. The van der Waals surface area contributed by atoms with E-state index < -0.39 is 5.82 Å². The highest BCUT2D eigenvalue weighted by Crippen LogP contribution is 2.21. The Morgan fingerprint density at radius 1 is 1.21 bits per heavy atom. The zero-order chi connectivity index (χ0) is 19.7. The Kier molecular flexibility index (Phi) is 4.90. The van der Waals surface area contributed by atoms with Gasteiger partial charge in [0.2, 0.25) is 0 Å². The van der Waals surface area contributed by atoms with Crippen molar-refractivity contribution < 1.29 is 9.18 Å². The van der Waals surface area contributed by atoms with Crippen LogP contribution in [0, 0.1) is 18.7 Å². The van der Waals surface area contributed by atoms with Crippen LogP contribution in [0.1, 0.15) is 29.0 Å². The third kappa shape index (κ3) is 3.52. The van der Waals surface area contributed by atoms with E-state index >= 15 is 0 Å². The largest absolute Gasteiger partial charge is 0.339 e. The lowest BCUT2D eigenvalue weighted by molar-refractivity contribution is 0.0681. The molecule has 3 heterocycles. The summed E-state index contributed by atoms with van der Waals surface area (Å²) in [6.45, 7) is 3.60. The van der Waals surface area contributed by atoms with Gasteiger partial charge in [0.15, 0.2) is 0 Å². The highest BCUT2D eigenvalue weighted by atomic mass is 19.1. The molecule has 1 amide bonds. The van der Waals surface area contributed by atoms with E-state index in [0.29, 0.717) is 36.4 Å². The van der Waals surface area contributed by atoms with Crippen molar-refractivity contribution in [3.8, 4) is 0 Å². The molecule has 0 radical (unpaired) electrons. The molecule has 6 nitrogen and oxygen atoms in total. The first-order valence-electron chi connectivity index (χ1n) is 9.39. The second-order valence-corrected chi connectivity index (χ2v) is 7.22. The highest BCUT2D eigenvalue weighted by molar-refractivity contribution is 5.93. The molecular formula is C21H21FN4O2. The Hall–Kier alpha value is -3.09. The smallest absolute Gasteiger partial charge is 0.261 e. The predicted molar refractivity (Wildman–Crippen MR) is 104 cm³/mol. The van der Waals surface area contributed by atoms with E-state index in [2.05, 4.69) is 9.97 Å². The summed E-state index contributed by atoms with van der Waals surface area (Å²) in [5.74, 6) is 0.271. The lowest BCUT2D eigenvalue weighted by atomic mass is 9.96. The molecule has 3 aromatic rings. The number of carbonyl (C=O) groups is 1. The number of piperidine rings is 1. The van der Waals surface area contributed by atoms with Gasteiger partial charge < -0.3 is 4.90 Å². The highest BCUT2D eigenvalue weighted by Gasteiger charge is 2.25. The summed E-state index contributed by atoms with van der Waals surface area (Å²) in [7, 11) is 0. The van der Waals surface area contributed by atoms with Gasteiger partial charge in [-0.15, -0.1) is 0 Å². The Morgan fingerprint density at radius 3 is 2.71 bits per heavy atom. The summed E-state index contributed by atoms with van der Waals surface area (Å²) in [6, 6.07) is 8.58. The number of para-hydroxylation sites is 1. The molecule has 1 aliphatic heterocycles. The van der Waals surface area contributed by atoms with Crippen LogP contribution < -0.4 is 5.56 Å². The molecule has 1 aliphatic rings. The minimum Gasteiger partial charge on any atom is -0.339 e. The van der Waals surface area contributed by atoms with Crippen molar-refractivity contribution in [2.75, 3.05) is 13.1 Å². The SMILES string of the molecule is Cc1nc2ccccc2c(=O)n1CC1CCN(C(=O)c2cncc(F)c2)CC1. The second-order valence-electron chi connectivity index (χ2n) is 7.22. The van der Waals surface area contributed by atoms with Crippen molar-refractivity contribution >= 4 is 16.8 Å². The molecule has 1 saturated heterocycles. The number of aryl methyl sites for hydroxylation is 1. The van der Waals surface area contributed by atoms with Crippen molar-refractivity contribution in [1.82, 2.24) is 19.4 Å². The summed E-state index contributed by atoms with van der Waals surface area (Å²) in [5.41, 5.74) is 0.960. The van der Waals surface area contributed by atoms with Gasteiger partial charge in [0.1, 0.15) is 11.6 Å². The lowest BCUT2D eigenvalue weighted by Crippen LogP contribution is -2.40. The molecule has 0 spiro atoms. The van der Waals surface area contributed by atoms with Gasteiger partial charge in [-0.3, -0.25) is 19.1 Å². The number of fused-ring (bicyclic) bond motifs is 1. The van der Waals surface area contributed by atoms with E-state index in [-0.39, 0.29) is 22.9 Å². The third-order valence-electron chi connectivity index (χ3n) is 5.35. The van der Waals surface area contributed by atoms with Crippen LogP contribution in [0.3, 0.4) is 0 Å². The fraction of sp³-hybridized carbons (Fsp3) is 0.333. The predicted octanol–water partition coefficient (Wildman–Crippen LogP) is 2.79. The number of pyridine rings is 1. The topological polar surface area (TPSA) is 68.1 Å². The van der Waals surface area contributed by atoms with Gasteiger partial charge in [0, 0.05) is 25.8 Å². The zero-order valence-corrected chi connectivity index (χ0v) is 15.6. The lowest BCUT2D eigenvalue weighted by Gasteiger charge is -2.32. The van der Waals surface area contributed by atoms with E-state index in [1.807, 2.05) is 25.1 Å². The van der Waals surface area contributed by atoms with Gasteiger partial charge in [0.05, 0.1) is 22.7 Å². The van der Waals surface area contributed by atoms with E-state index in [0.717, 1.165) is 19.0 Å². The molecule has 0 bridgehead atoms. The van der Waals surface area contributed by atoms with Crippen LogP contribution in [0.25, 0.3) is 10.9 Å². The van der Waals surface area contributed by atoms with Gasteiger partial charge in [0.25, 0.3) is 11.5 Å². The maximum absolute atomic E-state index is 13.3. The molecule has 1 aromatic carbocycles. The van der Waals surface area contributed by atoms with E-state index in [1.54, 1.807) is 15.5 Å². The van der Waals surface area contributed by atoms with Crippen LogP contribution in [0.4, 0.5) is 4.39 Å². The maximum Gasteiger partial charge on any atom is 0.261 e. The van der Waals surface area contributed by atoms with Gasteiger partial charge in [-0.2, -0.15) is 0 Å². The van der Waals surface area contributed by atoms with Crippen LogP contribution in [0.5, 0.6) is 0 Å². The van der Waals surface area contributed by atoms with Gasteiger partial charge in [-0.05, 0) is 43.9 Å². The average Bonchev–Trinajstić information content (AvgIpc) is 2.71. The Balaban J connectivity index is 1.46. The molecule has 4 rings (SSSR count). The van der Waals surface area contributed by atoms with Gasteiger partial charge >= 0.3 is 0 Å². The average molecular weight is 380 g/mol. The molecule has 0 N–H and O–H groups in total. The Bertz CT molecular complexity index is 1090.